The molecule has 1 aliphatic rings. The molecule has 1 fully saturated rings. The molecule has 1 heterocycles. The molecular weight excluding hydrogens is 124 g/mol. The largest absolute Gasteiger partial charge is 0.258 e. The number of rotatable bonds is 3. The fourth-order valence-electron chi connectivity index (χ4n) is 1.31. The standard InChI is InChI=1S/C8H18N2/c1-6(2)7(3)8-5-10(8)9-4/h6-9H,5H2,1-4H3/t7-,8?,10+/m1/s1. The molecule has 0 aromatic heterocycles. The summed E-state index contributed by atoms with van der Waals surface area (Å²) in [6.45, 7) is 8.14. The molecule has 1 N–H and O–H groups in total. The van der Waals surface area contributed by atoms with Gasteiger partial charge in [-0.05, 0) is 18.9 Å². The van der Waals surface area contributed by atoms with Crippen LogP contribution in [-0.2, 0) is 0 Å². The Hall–Kier alpha value is -0.0800. The Balaban J connectivity index is 2.25. The lowest BCUT2D eigenvalue weighted by Crippen LogP contribution is -2.22. The van der Waals surface area contributed by atoms with E-state index >= 15 is 0 Å². The Labute approximate surface area is 63.6 Å². The van der Waals surface area contributed by atoms with Crippen LogP contribution in [0.4, 0.5) is 0 Å². The third-order valence-corrected chi connectivity index (χ3v) is 2.60. The molecule has 60 valence electrons. The Morgan fingerprint density at radius 1 is 1.40 bits per heavy atom. The van der Waals surface area contributed by atoms with E-state index in [9.17, 15) is 0 Å². The van der Waals surface area contributed by atoms with E-state index < -0.39 is 0 Å². The van der Waals surface area contributed by atoms with Crippen LogP contribution in [0.15, 0.2) is 0 Å². The van der Waals surface area contributed by atoms with Gasteiger partial charge in [0.1, 0.15) is 0 Å². The maximum absolute atomic E-state index is 3.16. The molecule has 2 nitrogen and oxygen atoms in total. The number of hydrogen-bond donors (Lipinski definition) is 1. The summed E-state index contributed by atoms with van der Waals surface area (Å²) in [4.78, 5) is 0. The molecule has 0 amide bonds. The topological polar surface area (TPSA) is 15.0 Å². The smallest absolute Gasteiger partial charge is 0.0413 e. The van der Waals surface area contributed by atoms with Crippen LogP contribution in [0.2, 0.25) is 0 Å². The van der Waals surface area contributed by atoms with Gasteiger partial charge in [0, 0.05) is 12.6 Å². The van der Waals surface area contributed by atoms with Gasteiger partial charge >= 0.3 is 0 Å². The average molecular weight is 142 g/mol. The molecule has 1 unspecified atom stereocenters. The summed E-state index contributed by atoms with van der Waals surface area (Å²) in [5.41, 5.74) is 3.16. The molecular formula is C8H18N2. The summed E-state index contributed by atoms with van der Waals surface area (Å²) < 4.78 is 0. The van der Waals surface area contributed by atoms with E-state index in [0.29, 0.717) is 0 Å². The maximum Gasteiger partial charge on any atom is 0.0413 e. The minimum absolute atomic E-state index is 0.796. The van der Waals surface area contributed by atoms with Crippen molar-refractivity contribution in [2.45, 2.75) is 26.8 Å². The molecule has 0 bridgehead atoms. The van der Waals surface area contributed by atoms with Crippen molar-refractivity contribution in [3.63, 3.8) is 0 Å². The van der Waals surface area contributed by atoms with Gasteiger partial charge in [0.15, 0.2) is 0 Å². The first-order valence-electron chi connectivity index (χ1n) is 4.10. The lowest BCUT2D eigenvalue weighted by atomic mass is 9.95. The highest BCUT2D eigenvalue weighted by atomic mass is 15.6. The SMILES string of the molecule is CN[N@@]1CC1[C@H](C)C(C)C. The van der Waals surface area contributed by atoms with Gasteiger partial charge in [-0.1, -0.05) is 20.8 Å². The quantitative estimate of drug-likeness (QED) is 0.593. The van der Waals surface area contributed by atoms with Crippen molar-refractivity contribution in [1.82, 2.24) is 10.4 Å². The van der Waals surface area contributed by atoms with Crippen LogP contribution in [0, 0.1) is 11.8 Å². The molecule has 1 rings (SSSR count). The van der Waals surface area contributed by atoms with Crippen LogP contribution in [0.25, 0.3) is 0 Å². The Morgan fingerprint density at radius 2 is 2.00 bits per heavy atom. The van der Waals surface area contributed by atoms with E-state index in [1.807, 2.05) is 7.05 Å². The number of hydrazine groups is 1. The fourth-order valence-corrected chi connectivity index (χ4v) is 1.31. The van der Waals surface area contributed by atoms with Gasteiger partial charge in [-0.2, -0.15) is 0 Å². The van der Waals surface area contributed by atoms with E-state index in [-0.39, 0.29) is 0 Å². The van der Waals surface area contributed by atoms with Gasteiger partial charge in [-0.3, -0.25) is 5.43 Å². The lowest BCUT2D eigenvalue weighted by Gasteiger charge is -2.14. The number of nitrogens with zero attached hydrogens (tertiary/aromatic N) is 1. The van der Waals surface area contributed by atoms with Crippen molar-refractivity contribution >= 4 is 0 Å². The zero-order valence-corrected chi connectivity index (χ0v) is 7.39. The predicted molar refractivity (Wildman–Crippen MR) is 43.6 cm³/mol. The summed E-state index contributed by atoms with van der Waals surface area (Å²) in [6, 6.07) is 0.796. The van der Waals surface area contributed by atoms with E-state index in [1.165, 1.54) is 6.54 Å². The molecule has 1 saturated heterocycles. The monoisotopic (exact) mass is 142 g/mol. The predicted octanol–water partition coefficient (Wildman–Crippen LogP) is 1.10. The van der Waals surface area contributed by atoms with Gasteiger partial charge in [-0.25, -0.2) is 5.01 Å². The number of hydrogen-bond acceptors (Lipinski definition) is 2. The van der Waals surface area contributed by atoms with E-state index in [4.69, 9.17) is 0 Å². The second-order valence-electron chi connectivity index (χ2n) is 3.55. The van der Waals surface area contributed by atoms with E-state index in [0.717, 1.165) is 17.9 Å². The third kappa shape index (κ3) is 1.50. The maximum atomic E-state index is 3.16. The van der Waals surface area contributed by atoms with Crippen molar-refractivity contribution in [1.29, 1.82) is 0 Å². The van der Waals surface area contributed by atoms with Gasteiger partial charge in [0.2, 0.25) is 0 Å². The highest BCUT2D eigenvalue weighted by molar-refractivity contribution is 4.90. The van der Waals surface area contributed by atoms with Gasteiger partial charge in [0.25, 0.3) is 0 Å². The van der Waals surface area contributed by atoms with E-state index in [1.54, 1.807) is 0 Å². The Bertz CT molecular complexity index is 112. The summed E-state index contributed by atoms with van der Waals surface area (Å²) in [7, 11) is 1.99. The minimum atomic E-state index is 0.796. The van der Waals surface area contributed by atoms with Crippen molar-refractivity contribution in [2.24, 2.45) is 11.8 Å². The molecule has 0 saturated carbocycles. The lowest BCUT2D eigenvalue weighted by molar-refractivity contribution is 0.313. The van der Waals surface area contributed by atoms with Crippen LogP contribution in [0.5, 0.6) is 0 Å². The van der Waals surface area contributed by atoms with Crippen LogP contribution in [-0.4, -0.2) is 24.6 Å². The first-order chi connectivity index (χ1) is 4.66. The van der Waals surface area contributed by atoms with Gasteiger partial charge in [-0.15, -0.1) is 0 Å². The molecule has 0 radical (unpaired) electrons. The van der Waals surface area contributed by atoms with Crippen molar-refractivity contribution in [2.75, 3.05) is 13.6 Å². The van der Waals surface area contributed by atoms with Crippen molar-refractivity contribution in [3.05, 3.63) is 0 Å². The molecule has 0 aromatic carbocycles. The third-order valence-electron chi connectivity index (χ3n) is 2.60. The van der Waals surface area contributed by atoms with Crippen LogP contribution in [0.1, 0.15) is 20.8 Å². The summed E-state index contributed by atoms with van der Waals surface area (Å²) in [6.07, 6.45) is 0. The number of nitrogens with one attached hydrogen (secondary N) is 1. The Morgan fingerprint density at radius 3 is 2.30 bits per heavy atom. The first-order valence-corrected chi connectivity index (χ1v) is 4.10. The van der Waals surface area contributed by atoms with Gasteiger partial charge in [0.05, 0.1) is 0 Å². The molecule has 3 atom stereocenters. The molecule has 2 heteroatoms. The second-order valence-corrected chi connectivity index (χ2v) is 3.55. The van der Waals surface area contributed by atoms with Gasteiger partial charge < -0.3 is 0 Å². The second kappa shape index (κ2) is 2.89. The first kappa shape index (κ1) is 8.02. The van der Waals surface area contributed by atoms with Crippen LogP contribution >= 0.6 is 0 Å². The molecule has 0 aliphatic carbocycles. The van der Waals surface area contributed by atoms with Crippen molar-refractivity contribution in [3.8, 4) is 0 Å². The molecule has 10 heavy (non-hydrogen) atoms. The highest BCUT2D eigenvalue weighted by Gasteiger charge is 2.38. The normalized spacial score (nSPS) is 34.5. The zero-order chi connectivity index (χ0) is 7.72. The summed E-state index contributed by atoms with van der Waals surface area (Å²) in [5, 5.41) is 2.28. The molecule has 0 spiro atoms. The Kier molecular flexibility index (Phi) is 2.32. The van der Waals surface area contributed by atoms with Crippen LogP contribution < -0.4 is 5.43 Å². The average Bonchev–Trinajstić information content (AvgIpc) is 2.64. The van der Waals surface area contributed by atoms with Crippen molar-refractivity contribution < 1.29 is 0 Å². The minimum Gasteiger partial charge on any atom is -0.258 e. The molecule has 0 aromatic rings. The summed E-state index contributed by atoms with van der Waals surface area (Å²) in [5.74, 6) is 1.63. The zero-order valence-electron chi connectivity index (χ0n) is 7.39. The fraction of sp³-hybridized carbons (Fsp3) is 1.00. The highest BCUT2D eigenvalue weighted by Crippen LogP contribution is 2.27. The summed E-state index contributed by atoms with van der Waals surface area (Å²) >= 11 is 0. The van der Waals surface area contributed by atoms with Crippen LogP contribution in [0.3, 0.4) is 0 Å². The van der Waals surface area contributed by atoms with E-state index in [2.05, 4.69) is 31.2 Å². The molecule has 1 aliphatic heterocycles.